The molecule has 4 aliphatic rings. The molecule has 0 aromatic carbocycles. The predicted octanol–water partition coefficient (Wildman–Crippen LogP) is 0.717. The molecule has 22 nitrogen and oxygen atoms in total. The van der Waals surface area contributed by atoms with E-state index in [1.165, 1.54) is 4.57 Å². The molecule has 0 saturated carbocycles. The van der Waals surface area contributed by atoms with E-state index in [4.69, 9.17) is 45.5 Å². The van der Waals surface area contributed by atoms with Crippen molar-refractivity contribution in [3.8, 4) is 0 Å². The Morgan fingerprint density at radius 3 is 1.03 bits per heavy atom. The minimum Gasteiger partial charge on any atom is -0.376 e. The Labute approximate surface area is 388 Å². The van der Waals surface area contributed by atoms with Crippen molar-refractivity contribution < 1.29 is 45.5 Å². The zero-order valence-corrected chi connectivity index (χ0v) is 42.0. The number of epoxide rings is 4. The van der Waals surface area contributed by atoms with Gasteiger partial charge >= 0.3 is 52.5 Å². The second-order valence-corrected chi connectivity index (χ2v) is 20.1. The third kappa shape index (κ3) is 17.9. The van der Waals surface area contributed by atoms with Crippen LogP contribution in [0.25, 0.3) is 0 Å². The number of rotatable bonds is 32. The van der Waals surface area contributed by atoms with Crippen LogP contribution in [0.15, 0.2) is 41.4 Å². The van der Waals surface area contributed by atoms with Gasteiger partial charge in [-0.15, -0.1) is 6.58 Å². The zero-order valence-electron chi connectivity index (χ0n) is 39.9. The Morgan fingerprint density at radius 2 is 0.773 bits per heavy atom. The van der Waals surface area contributed by atoms with Gasteiger partial charge in [-0.1, -0.05) is 6.08 Å². The average molecular weight is 975 g/mol. The lowest BCUT2D eigenvalue weighted by atomic mass is 10.3. The first-order valence-corrected chi connectivity index (χ1v) is 27.0. The number of unbranched alkanes of at least 4 members (excludes halogenated alkanes) is 1. The number of hydrogen-bond donors (Lipinski definition) is 0. The quantitative estimate of drug-likeness (QED) is 0.0425. The summed E-state index contributed by atoms with van der Waals surface area (Å²) in [5.41, 5.74) is -3.34. The smallest absolute Gasteiger partial charge is 0.376 e. The molecule has 4 saturated heterocycles. The second-order valence-electron chi connectivity index (χ2n) is 15.8. The molecule has 0 radical (unpaired) electrons. The van der Waals surface area contributed by atoms with E-state index in [-0.39, 0.29) is 63.7 Å². The van der Waals surface area contributed by atoms with E-state index < -0.39 is 52.5 Å². The van der Waals surface area contributed by atoms with Crippen LogP contribution in [0.4, 0.5) is 0 Å². The maximum absolute atomic E-state index is 13.0. The molecule has 0 amide bonds. The molecule has 2 aromatic heterocycles. The van der Waals surface area contributed by atoms with E-state index in [2.05, 4.69) is 6.58 Å². The van der Waals surface area contributed by atoms with Gasteiger partial charge in [0.05, 0.1) is 50.8 Å². The van der Waals surface area contributed by atoms with E-state index in [1.54, 1.807) is 6.08 Å². The SMILES string of the molecule is C=CCCn1c(=O)n(CCC2CO2)c(=O)n(CCC2CO2)c1=O.CCO[SiH](OCC)OCC.CCO[Si](CCCCn1c(=O)n(CCC2CO2)c(=O)n(CCC2CO2)c1=O)(OCC)OCC. The molecule has 0 bridgehead atoms. The van der Waals surface area contributed by atoms with Crippen molar-refractivity contribution in [2.24, 2.45) is 0 Å². The normalized spacial score (nSPS) is 19.2. The molecule has 66 heavy (non-hydrogen) atoms. The largest absolute Gasteiger partial charge is 0.500 e. The van der Waals surface area contributed by atoms with Crippen LogP contribution in [0.5, 0.6) is 0 Å². The first kappa shape index (κ1) is 55.2. The fraction of sp³-hybridized carbons (Fsp3) is 0.810. The lowest BCUT2D eigenvalue weighted by Gasteiger charge is -2.28. The monoisotopic (exact) mass is 974 g/mol. The highest BCUT2D eigenvalue weighted by atomic mass is 28.4. The summed E-state index contributed by atoms with van der Waals surface area (Å²) in [6.45, 7) is 22.7. The highest BCUT2D eigenvalue weighted by Gasteiger charge is 2.39. The van der Waals surface area contributed by atoms with Crippen LogP contribution < -0.4 is 34.1 Å². The molecule has 6 heterocycles. The molecule has 6 rings (SSSR count). The van der Waals surface area contributed by atoms with E-state index in [9.17, 15) is 28.8 Å². The summed E-state index contributed by atoms with van der Waals surface area (Å²) in [7, 11) is -4.52. The number of nitrogens with zero attached hydrogens (tertiary/aromatic N) is 6. The Morgan fingerprint density at radius 1 is 0.485 bits per heavy atom. The average Bonchev–Trinajstić information content (AvgIpc) is 4.07. The van der Waals surface area contributed by atoms with Crippen LogP contribution in [-0.2, 0) is 84.8 Å². The highest BCUT2D eigenvalue weighted by molar-refractivity contribution is 6.60. The maximum atomic E-state index is 13.0. The van der Waals surface area contributed by atoms with E-state index >= 15 is 0 Å². The topological polar surface area (TPSA) is 238 Å². The summed E-state index contributed by atoms with van der Waals surface area (Å²) in [5.74, 6) is 0. The van der Waals surface area contributed by atoms with Crippen molar-refractivity contribution in [1.82, 2.24) is 27.4 Å². The van der Waals surface area contributed by atoms with Crippen LogP contribution >= 0.6 is 0 Å². The van der Waals surface area contributed by atoms with Crippen LogP contribution in [0.3, 0.4) is 0 Å². The number of ether oxygens (including phenoxy) is 4. The van der Waals surface area contributed by atoms with Crippen LogP contribution in [0, 0.1) is 0 Å². The number of allylic oxidation sites excluding steroid dienone is 1. The van der Waals surface area contributed by atoms with Crippen molar-refractivity contribution in [1.29, 1.82) is 0 Å². The first-order chi connectivity index (χ1) is 31.9. The summed E-state index contributed by atoms with van der Waals surface area (Å²) < 4.78 is 60.8. The number of hydrogen-bond acceptors (Lipinski definition) is 16. The molecule has 4 fully saturated rings. The van der Waals surface area contributed by atoms with Gasteiger partial charge in [-0.05, 0) is 86.5 Å². The third-order valence-corrected chi connectivity index (χ3v) is 15.7. The molecule has 2 aromatic rings. The summed E-state index contributed by atoms with van der Waals surface area (Å²) in [6, 6.07) is 0.600. The molecule has 4 atom stereocenters. The number of aromatic nitrogens is 6. The van der Waals surface area contributed by atoms with Crippen molar-refractivity contribution in [3.63, 3.8) is 0 Å². The van der Waals surface area contributed by atoms with Gasteiger partial charge in [0.25, 0.3) is 0 Å². The lowest BCUT2D eigenvalue weighted by molar-refractivity contribution is 0.0705. The minimum atomic E-state index is -2.78. The van der Waals surface area contributed by atoms with Crippen molar-refractivity contribution >= 4 is 18.3 Å². The first-order valence-electron chi connectivity index (χ1n) is 23.6. The van der Waals surface area contributed by atoms with Gasteiger partial charge < -0.3 is 45.5 Å². The molecular formula is C42H74N6O16Si2. The molecule has 24 heteroatoms. The summed E-state index contributed by atoms with van der Waals surface area (Å²) in [5, 5.41) is 0. The van der Waals surface area contributed by atoms with Gasteiger partial charge in [-0.25, -0.2) is 56.2 Å². The highest BCUT2D eigenvalue weighted by Crippen LogP contribution is 2.20. The van der Waals surface area contributed by atoms with Gasteiger partial charge in [-0.3, -0.25) is 0 Å². The van der Waals surface area contributed by atoms with Crippen molar-refractivity contribution in [2.45, 2.75) is 156 Å². The van der Waals surface area contributed by atoms with Crippen LogP contribution in [0.2, 0.25) is 6.04 Å². The van der Waals surface area contributed by atoms with Gasteiger partial charge in [-0.2, -0.15) is 0 Å². The van der Waals surface area contributed by atoms with Crippen molar-refractivity contribution in [2.75, 3.05) is 66.1 Å². The van der Waals surface area contributed by atoms with E-state index in [1.807, 2.05) is 41.5 Å². The predicted molar refractivity (Wildman–Crippen MR) is 247 cm³/mol. The Kier molecular flexibility index (Phi) is 24.1. The van der Waals surface area contributed by atoms with Crippen LogP contribution in [-0.4, -0.2) is 136 Å². The van der Waals surface area contributed by atoms with Crippen LogP contribution in [0.1, 0.15) is 86.5 Å². The fourth-order valence-corrected chi connectivity index (χ4v) is 10.7. The van der Waals surface area contributed by atoms with E-state index in [0.717, 1.165) is 22.8 Å². The fourth-order valence-electron chi connectivity index (χ4n) is 6.93. The lowest BCUT2D eigenvalue weighted by Crippen LogP contribution is -2.54. The maximum Gasteiger partial charge on any atom is 0.500 e. The third-order valence-electron chi connectivity index (χ3n) is 10.8. The molecule has 0 N–H and O–H groups in total. The van der Waals surface area contributed by atoms with Gasteiger partial charge in [0, 0.05) is 85.0 Å². The molecule has 376 valence electrons. The molecular weight excluding hydrogens is 901 g/mol. The Bertz CT molecular complexity index is 2000. The molecule has 0 aliphatic carbocycles. The molecule has 0 spiro atoms. The van der Waals surface area contributed by atoms with E-state index in [0.29, 0.717) is 117 Å². The summed E-state index contributed by atoms with van der Waals surface area (Å²) in [6.07, 6.45) is 6.10. The molecule has 4 aliphatic heterocycles. The minimum absolute atomic E-state index is 0.0822. The van der Waals surface area contributed by atoms with Crippen molar-refractivity contribution in [3.05, 3.63) is 75.6 Å². The zero-order chi connectivity index (χ0) is 48.1. The summed E-state index contributed by atoms with van der Waals surface area (Å²) >= 11 is 0. The molecule has 4 unspecified atom stereocenters. The van der Waals surface area contributed by atoms with Gasteiger partial charge in [0.15, 0.2) is 0 Å². The summed E-state index contributed by atoms with van der Waals surface area (Å²) in [4.78, 5) is 76.4. The second kappa shape index (κ2) is 28.8. The standard InChI is InChI=1S/C21H37N3O8Si.C15H21N3O5.C6H16O3Si/c1-4-30-33(31-5-2,32-6-3)14-8-7-11-22-19(25)23(12-9-17-15-28-17)21(27)24(20(22)26)13-10-18-16-29-18;1-2-3-6-16-13(19)17(7-4-11-9-22-11)15(21)18(14(16)20)8-5-12-10-23-12;1-4-7-10(8-5-2)9-6-3/h17-18H,4-16H2,1-3H3;2,11-12H,1,3-10H2;10H,4-6H2,1-3H3. The van der Waals surface area contributed by atoms with Gasteiger partial charge in [0.1, 0.15) is 0 Å². The Hall–Kier alpha value is -3.41. The van der Waals surface area contributed by atoms with Gasteiger partial charge in [0.2, 0.25) is 0 Å². The Balaban J connectivity index is 0.000000249.